The second-order valence-electron chi connectivity index (χ2n) is 13.1. The zero-order chi connectivity index (χ0) is 31.5. The molecule has 0 atom stereocenters. The Bertz CT molecular complexity index is 1580. The standard InChI is InChI=1S/C23H22NS.C15H28O2.Ir/c1-14-15(2)25-21-11-10-20(24-22(14)21)17-12-16-8-6-7-9-18(16)19(13-17)23(3,4)5;1-7-14(5,8-2)12(16)11-13(17)15(6,9-3)10-4;/h6-11,13H,1-5H3;11,16H,7-10H2,1-6H3;/q-1;;/b;12-11-;. The molecule has 4 aromatic rings. The number of nitrogens with zero attached hydrogens (tertiary/aromatic N) is 1. The normalized spacial score (nSPS) is 12.6. The van der Waals surface area contributed by atoms with Crippen LogP contribution in [-0.4, -0.2) is 15.9 Å². The van der Waals surface area contributed by atoms with Crippen molar-refractivity contribution in [3.8, 4) is 11.3 Å². The molecule has 0 aliphatic rings. The number of pyridine rings is 1. The van der Waals surface area contributed by atoms with Crippen LogP contribution in [0.3, 0.4) is 0 Å². The predicted octanol–water partition coefficient (Wildman–Crippen LogP) is 11.5. The van der Waals surface area contributed by atoms with Crippen molar-refractivity contribution in [2.24, 2.45) is 10.8 Å². The molecule has 4 rings (SSSR count). The van der Waals surface area contributed by atoms with Gasteiger partial charge in [0.15, 0.2) is 5.78 Å². The first kappa shape index (κ1) is 36.9. The van der Waals surface area contributed by atoms with Gasteiger partial charge < -0.3 is 5.11 Å². The van der Waals surface area contributed by atoms with Gasteiger partial charge in [0.2, 0.25) is 0 Å². The molecule has 2 aromatic carbocycles. The van der Waals surface area contributed by atoms with Crippen LogP contribution in [0.15, 0.2) is 54.3 Å². The number of hydrogen-bond acceptors (Lipinski definition) is 4. The fourth-order valence-electron chi connectivity index (χ4n) is 5.03. The third-order valence-electron chi connectivity index (χ3n) is 9.47. The number of aromatic nitrogens is 1. The average Bonchev–Trinajstić information content (AvgIpc) is 3.27. The van der Waals surface area contributed by atoms with Crippen LogP contribution < -0.4 is 0 Å². The van der Waals surface area contributed by atoms with Crippen LogP contribution in [0.4, 0.5) is 0 Å². The van der Waals surface area contributed by atoms with E-state index < -0.39 is 0 Å². The summed E-state index contributed by atoms with van der Waals surface area (Å²) < 4.78 is 1.26. The quantitative estimate of drug-likeness (QED) is 0.110. The zero-order valence-electron chi connectivity index (χ0n) is 28.0. The van der Waals surface area contributed by atoms with E-state index in [9.17, 15) is 9.90 Å². The molecule has 0 aliphatic carbocycles. The van der Waals surface area contributed by atoms with Crippen molar-refractivity contribution in [2.45, 2.75) is 107 Å². The number of rotatable bonds is 8. The third-order valence-corrected chi connectivity index (χ3v) is 10.6. The Labute approximate surface area is 277 Å². The van der Waals surface area contributed by atoms with Gasteiger partial charge in [0.1, 0.15) is 5.76 Å². The first-order valence-electron chi connectivity index (χ1n) is 15.4. The molecule has 0 aliphatic heterocycles. The molecule has 0 amide bonds. The SMILES string of the molecule is CCC(C)(CC)C(=O)/C=C(\O)C(C)(CC)CC.Cc1sc2ccc(-c3[c-]c4ccccc4c(C(C)(C)C)c3)nc2c1C.[Ir]. The maximum Gasteiger partial charge on any atom is 0.164 e. The zero-order valence-corrected chi connectivity index (χ0v) is 31.2. The molecular weight excluding hydrogens is 727 g/mol. The number of ketones is 1. The molecule has 2 aromatic heterocycles. The summed E-state index contributed by atoms with van der Waals surface area (Å²) >= 11 is 1.82. The number of aliphatic hydroxyl groups excluding tert-OH is 1. The number of allylic oxidation sites excluding steroid dienone is 2. The van der Waals surface area contributed by atoms with Crippen molar-refractivity contribution in [1.82, 2.24) is 4.98 Å². The minimum Gasteiger partial charge on any atom is -0.512 e. The third kappa shape index (κ3) is 8.04. The van der Waals surface area contributed by atoms with Gasteiger partial charge in [-0.1, -0.05) is 97.5 Å². The Balaban J connectivity index is 0.000000318. The molecule has 1 radical (unpaired) electrons. The van der Waals surface area contributed by atoms with Gasteiger partial charge in [-0.15, -0.1) is 40.5 Å². The molecule has 0 fully saturated rings. The van der Waals surface area contributed by atoms with Crippen LogP contribution in [0.1, 0.15) is 104 Å². The number of benzene rings is 2. The largest absolute Gasteiger partial charge is 0.512 e. The molecule has 0 saturated carbocycles. The van der Waals surface area contributed by atoms with Crippen molar-refractivity contribution >= 4 is 38.1 Å². The van der Waals surface area contributed by atoms with E-state index in [1.807, 2.05) is 52.9 Å². The first-order chi connectivity index (χ1) is 19.6. The van der Waals surface area contributed by atoms with Gasteiger partial charge in [0, 0.05) is 47.6 Å². The number of carbonyl (C=O) groups is 1. The van der Waals surface area contributed by atoms with E-state index in [4.69, 9.17) is 4.98 Å². The second-order valence-corrected chi connectivity index (χ2v) is 14.4. The summed E-state index contributed by atoms with van der Waals surface area (Å²) in [4.78, 5) is 18.5. The molecule has 1 N–H and O–H groups in total. The number of hydrogen-bond donors (Lipinski definition) is 1. The van der Waals surface area contributed by atoms with E-state index in [1.54, 1.807) is 0 Å². The minimum absolute atomic E-state index is 0. The topological polar surface area (TPSA) is 50.2 Å². The molecule has 0 spiro atoms. The van der Waals surface area contributed by atoms with Gasteiger partial charge in [-0.05, 0) is 56.6 Å². The van der Waals surface area contributed by atoms with Gasteiger partial charge in [0.25, 0.3) is 0 Å². The van der Waals surface area contributed by atoms with E-state index >= 15 is 0 Å². The summed E-state index contributed by atoms with van der Waals surface area (Å²) in [5, 5.41) is 12.6. The number of thiophene rings is 1. The van der Waals surface area contributed by atoms with Gasteiger partial charge in [-0.25, -0.2) is 0 Å². The van der Waals surface area contributed by atoms with Gasteiger partial charge in [-0.3, -0.25) is 9.78 Å². The molecular formula is C38H50IrNO2S-. The number of fused-ring (bicyclic) bond motifs is 2. The summed E-state index contributed by atoms with van der Waals surface area (Å²) in [6.07, 6.45) is 4.75. The van der Waals surface area contributed by atoms with Gasteiger partial charge in [0.05, 0.1) is 10.2 Å². The number of aliphatic hydroxyl groups is 1. The van der Waals surface area contributed by atoms with E-state index in [0.29, 0.717) is 0 Å². The van der Waals surface area contributed by atoms with E-state index in [-0.39, 0.29) is 47.9 Å². The maximum absolute atomic E-state index is 12.2. The molecule has 0 saturated heterocycles. The van der Waals surface area contributed by atoms with Crippen LogP contribution in [-0.2, 0) is 30.3 Å². The Morgan fingerprint density at radius 3 is 2.05 bits per heavy atom. The predicted molar refractivity (Wildman–Crippen MR) is 183 cm³/mol. The molecule has 5 heteroatoms. The van der Waals surface area contributed by atoms with Gasteiger partial charge >= 0.3 is 0 Å². The van der Waals surface area contributed by atoms with Crippen molar-refractivity contribution < 1.29 is 30.0 Å². The van der Waals surface area contributed by atoms with Crippen LogP contribution in [0.2, 0.25) is 0 Å². The van der Waals surface area contributed by atoms with Crippen LogP contribution in [0, 0.1) is 30.7 Å². The van der Waals surface area contributed by atoms with Crippen LogP contribution in [0.25, 0.3) is 32.2 Å². The number of aryl methyl sites for hydroxylation is 2. The smallest absolute Gasteiger partial charge is 0.164 e. The van der Waals surface area contributed by atoms with Crippen molar-refractivity contribution in [1.29, 1.82) is 0 Å². The first-order valence-corrected chi connectivity index (χ1v) is 16.2. The Morgan fingerprint density at radius 2 is 1.49 bits per heavy atom. The fourth-order valence-corrected chi connectivity index (χ4v) is 6.04. The molecule has 3 nitrogen and oxygen atoms in total. The fraction of sp³-hybridized carbons (Fsp3) is 0.474. The van der Waals surface area contributed by atoms with Crippen LogP contribution in [0.5, 0.6) is 0 Å². The summed E-state index contributed by atoms with van der Waals surface area (Å²) in [6.45, 7) is 23.2. The summed E-state index contributed by atoms with van der Waals surface area (Å²) in [5.41, 5.74) is 5.31. The van der Waals surface area contributed by atoms with Crippen molar-refractivity contribution in [3.05, 3.63) is 76.4 Å². The van der Waals surface area contributed by atoms with E-state index in [0.717, 1.165) is 47.8 Å². The summed E-state index contributed by atoms with van der Waals surface area (Å²) in [7, 11) is 0. The monoisotopic (exact) mass is 777 g/mol. The Morgan fingerprint density at radius 1 is 0.907 bits per heavy atom. The molecule has 0 unspecified atom stereocenters. The molecule has 235 valence electrons. The second kappa shape index (κ2) is 14.6. The van der Waals surface area contributed by atoms with Crippen LogP contribution >= 0.6 is 11.3 Å². The summed E-state index contributed by atoms with van der Waals surface area (Å²) in [6, 6.07) is 18.7. The van der Waals surface area contributed by atoms with E-state index in [2.05, 4.69) is 83.1 Å². The van der Waals surface area contributed by atoms with Crippen molar-refractivity contribution in [3.63, 3.8) is 0 Å². The minimum atomic E-state index is -0.337. The Hall–Kier alpha value is -2.33. The maximum atomic E-state index is 12.2. The number of carbonyl (C=O) groups excluding carboxylic acids is 1. The molecule has 2 heterocycles. The van der Waals surface area contributed by atoms with E-state index in [1.165, 1.54) is 32.2 Å². The summed E-state index contributed by atoms with van der Waals surface area (Å²) in [5.74, 6) is 0.286. The van der Waals surface area contributed by atoms with Crippen molar-refractivity contribution in [2.75, 3.05) is 0 Å². The Kier molecular flexibility index (Phi) is 12.5. The molecule has 43 heavy (non-hydrogen) atoms. The molecule has 0 bridgehead atoms. The van der Waals surface area contributed by atoms with Gasteiger partial charge in [-0.2, -0.15) is 0 Å². The average molecular weight is 777 g/mol.